The second-order valence-corrected chi connectivity index (χ2v) is 3.86. The minimum absolute atomic E-state index is 0.130. The summed E-state index contributed by atoms with van der Waals surface area (Å²) in [6.07, 6.45) is 7.29. The number of hydrogen-bond acceptors (Lipinski definition) is 2. The fourth-order valence-corrected chi connectivity index (χ4v) is 2.24. The van der Waals surface area contributed by atoms with Gasteiger partial charge in [-0.05, 0) is 25.7 Å². The zero-order valence-electron chi connectivity index (χ0n) is 7.42. The molecule has 12 heavy (non-hydrogen) atoms. The molecule has 1 aliphatic heterocycles. The van der Waals surface area contributed by atoms with Gasteiger partial charge in [-0.3, -0.25) is 0 Å². The van der Waals surface area contributed by atoms with Crippen LogP contribution in [-0.4, -0.2) is 24.3 Å². The van der Waals surface area contributed by atoms with Crippen LogP contribution < -0.4 is 5.32 Å². The fourth-order valence-electron chi connectivity index (χ4n) is 2.24. The zero-order chi connectivity index (χ0) is 8.39. The van der Waals surface area contributed by atoms with Crippen molar-refractivity contribution in [2.24, 2.45) is 5.92 Å². The predicted octanol–water partition coefficient (Wildman–Crippen LogP) is 1.07. The highest BCUT2D eigenvalue weighted by Crippen LogP contribution is 2.27. The molecular weight excluding hydrogens is 150 g/mol. The Morgan fingerprint density at radius 2 is 2.25 bits per heavy atom. The Bertz CT molecular complexity index is 188. The molecule has 1 aliphatic carbocycles. The summed E-state index contributed by atoms with van der Waals surface area (Å²) in [7, 11) is 0. The first-order valence-electron chi connectivity index (χ1n) is 4.95. The predicted molar refractivity (Wildman–Crippen MR) is 48.9 cm³/mol. The van der Waals surface area contributed by atoms with Crippen LogP contribution in [-0.2, 0) is 0 Å². The van der Waals surface area contributed by atoms with Crippen molar-refractivity contribution in [1.29, 1.82) is 0 Å². The van der Waals surface area contributed by atoms with Gasteiger partial charge in [0.2, 0.25) is 0 Å². The van der Waals surface area contributed by atoms with Crippen LogP contribution in [0.25, 0.3) is 0 Å². The maximum absolute atomic E-state index is 9.64. The van der Waals surface area contributed by atoms with Crippen molar-refractivity contribution >= 4 is 0 Å². The highest BCUT2D eigenvalue weighted by Gasteiger charge is 2.28. The Hall–Kier alpha value is -0.340. The summed E-state index contributed by atoms with van der Waals surface area (Å²) in [5.74, 6) is 0.422. The second kappa shape index (κ2) is 3.58. The lowest BCUT2D eigenvalue weighted by atomic mass is 9.87. The monoisotopic (exact) mass is 167 g/mol. The SMILES string of the molecule is O[C@@H]1CNC[C@H]1C1=CCCCC1. The standard InChI is InChI=1S/C10H17NO/c12-10-7-11-6-9(10)8-4-2-1-3-5-8/h4,9-12H,1-3,5-7H2/t9-,10+/m0/s1. The molecular formula is C10H17NO. The van der Waals surface area contributed by atoms with Gasteiger partial charge in [-0.25, -0.2) is 0 Å². The average Bonchev–Trinajstić information content (AvgIpc) is 2.53. The molecule has 2 heteroatoms. The van der Waals surface area contributed by atoms with Gasteiger partial charge in [0, 0.05) is 19.0 Å². The smallest absolute Gasteiger partial charge is 0.0741 e. The highest BCUT2D eigenvalue weighted by atomic mass is 16.3. The average molecular weight is 167 g/mol. The van der Waals surface area contributed by atoms with Gasteiger partial charge in [-0.1, -0.05) is 11.6 Å². The number of allylic oxidation sites excluding steroid dienone is 1. The van der Waals surface area contributed by atoms with Crippen molar-refractivity contribution in [3.8, 4) is 0 Å². The number of rotatable bonds is 1. The van der Waals surface area contributed by atoms with E-state index in [2.05, 4.69) is 11.4 Å². The van der Waals surface area contributed by atoms with Gasteiger partial charge < -0.3 is 10.4 Å². The molecule has 0 bridgehead atoms. The lowest BCUT2D eigenvalue weighted by molar-refractivity contribution is 0.160. The summed E-state index contributed by atoms with van der Waals surface area (Å²) in [4.78, 5) is 0. The molecule has 2 rings (SSSR count). The quantitative estimate of drug-likeness (QED) is 0.572. The third-order valence-corrected chi connectivity index (χ3v) is 2.98. The van der Waals surface area contributed by atoms with Crippen LogP contribution >= 0.6 is 0 Å². The Labute approximate surface area is 73.7 Å². The summed E-state index contributed by atoms with van der Waals surface area (Å²) in [6.45, 7) is 1.76. The molecule has 0 radical (unpaired) electrons. The van der Waals surface area contributed by atoms with Crippen LogP contribution in [0.15, 0.2) is 11.6 Å². The van der Waals surface area contributed by atoms with Crippen molar-refractivity contribution in [2.45, 2.75) is 31.8 Å². The summed E-state index contributed by atoms with van der Waals surface area (Å²) in [5, 5.41) is 12.9. The third kappa shape index (κ3) is 1.54. The van der Waals surface area contributed by atoms with Crippen molar-refractivity contribution in [3.05, 3.63) is 11.6 Å². The third-order valence-electron chi connectivity index (χ3n) is 2.98. The maximum atomic E-state index is 9.64. The largest absolute Gasteiger partial charge is 0.391 e. The molecule has 1 fully saturated rings. The molecule has 0 aromatic carbocycles. The van der Waals surface area contributed by atoms with Gasteiger partial charge in [0.05, 0.1) is 6.10 Å². The first kappa shape index (κ1) is 8.27. The van der Waals surface area contributed by atoms with E-state index in [9.17, 15) is 5.11 Å². The van der Waals surface area contributed by atoms with Crippen LogP contribution in [0, 0.1) is 5.92 Å². The molecule has 0 amide bonds. The van der Waals surface area contributed by atoms with Crippen molar-refractivity contribution < 1.29 is 5.11 Å². The van der Waals surface area contributed by atoms with Crippen LogP contribution in [0.5, 0.6) is 0 Å². The lowest BCUT2D eigenvalue weighted by Gasteiger charge is -2.20. The molecule has 68 valence electrons. The number of aliphatic hydroxyl groups is 1. The normalized spacial score (nSPS) is 36.6. The molecule has 0 aromatic heterocycles. The molecule has 0 unspecified atom stereocenters. The van der Waals surface area contributed by atoms with E-state index in [0.29, 0.717) is 5.92 Å². The van der Waals surface area contributed by atoms with E-state index in [1.165, 1.54) is 31.3 Å². The first-order valence-corrected chi connectivity index (χ1v) is 4.95. The summed E-state index contributed by atoms with van der Waals surface area (Å²) < 4.78 is 0. The van der Waals surface area contributed by atoms with Crippen LogP contribution in [0.3, 0.4) is 0 Å². The second-order valence-electron chi connectivity index (χ2n) is 3.86. The molecule has 0 spiro atoms. The molecule has 2 nitrogen and oxygen atoms in total. The van der Waals surface area contributed by atoms with E-state index in [4.69, 9.17) is 0 Å². The molecule has 0 saturated carbocycles. The summed E-state index contributed by atoms with van der Waals surface area (Å²) in [6, 6.07) is 0. The van der Waals surface area contributed by atoms with Gasteiger partial charge in [0.15, 0.2) is 0 Å². The Kier molecular flexibility index (Phi) is 2.47. The number of aliphatic hydroxyl groups excluding tert-OH is 1. The minimum Gasteiger partial charge on any atom is -0.391 e. The zero-order valence-corrected chi connectivity index (χ0v) is 7.42. The van der Waals surface area contributed by atoms with Gasteiger partial charge in [-0.2, -0.15) is 0 Å². The first-order chi connectivity index (χ1) is 5.88. The molecule has 0 aromatic rings. The molecule has 2 atom stereocenters. The van der Waals surface area contributed by atoms with Gasteiger partial charge in [-0.15, -0.1) is 0 Å². The topological polar surface area (TPSA) is 32.3 Å². The Morgan fingerprint density at radius 3 is 2.83 bits per heavy atom. The van der Waals surface area contributed by atoms with E-state index < -0.39 is 0 Å². The van der Waals surface area contributed by atoms with E-state index in [0.717, 1.165) is 13.1 Å². The molecule has 2 N–H and O–H groups in total. The Morgan fingerprint density at radius 1 is 1.33 bits per heavy atom. The highest BCUT2D eigenvalue weighted by molar-refractivity contribution is 5.13. The summed E-state index contributed by atoms with van der Waals surface area (Å²) in [5.41, 5.74) is 1.50. The molecule has 1 heterocycles. The van der Waals surface area contributed by atoms with Gasteiger partial charge >= 0.3 is 0 Å². The van der Waals surface area contributed by atoms with Crippen molar-refractivity contribution in [3.63, 3.8) is 0 Å². The lowest BCUT2D eigenvalue weighted by Crippen LogP contribution is -2.20. The van der Waals surface area contributed by atoms with E-state index in [-0.39, 0.29) is 6.10 Å². The maximum Gasteiger partial charge on any atom is 0.0741 e. The minimum atomic E-state index is -0.130. The van der Waals surface area contributed by atoms with Crippen molar-refractivity contribution in [2.75, 3.05) is 13.1 Å². The van der Waals surface area contributed by atoms with Crippen LogP contribution in [0.2, 0.25) is 0 Å². The van der Waals surface area contributed by atoms with E-state index in [1.54, 1.807) is 0 Å². The van der Waals surface area contributed by atoms with Gasteiger partial charge in [0.1, 0.15) is 0 Å². The van der Waals surface area contributed by atoms with E-state index >= 15 is 0 Å². The summed E-state index contributed by atoms with van der Waals surface area (Å²) >= 11 is 0. The Balaban J connectivity index is 2.02. The number of hydrogen-bond donors (Lipinski definition) is 2. The number of β-amino-alcohol motifs (C(OH)–C–C–N with tert-alkyl or cyclic N) is 1. The molecule has 2 aliphatic rings. The number of nitrogens with one attached hydrogen (secondary N) is 1. The fraction of sp³-hybridized carbons (Fsp3) is 0.800. The molecule has 1 saturated heterocycles. The van der Waals surface area contributed by atoms with E-state index in [1.807, 2.05) is 0 Å². The van der Waals surface area contributed by atoms with Gasteiger partial charge in [0.25, 0.3) is 0 Å². The van der Waals surface area contributed by atoms with Crippen LogP contribution in [0.1, 0.15) is 25.7 Å². The van der Waals surface area contributed by atoms with Crippen molar-refractivity contribution in [1.82, 2.24) is 5.32 Å². The van der Waals surface area contributed by atoms with Crippen LogP contribution in [0.4, 0.5) is 0 Å².